The summed E-state index contributed by atoms with van der Waals surface area (Å²) in [6.45, 7) is 2.84. The van der Waals surface area contributed by atoms with Gasteiger partial charge in [0.05, 0.1) is 13.7 Å². The van der Waals surface area contributed by atoms with Crippen LogP contribution >= 0.6 is 0 Å². The van der Waals surface area contributed by atoms with Gasteiger partial charge in [-0.2, -0.15) is 0 Å². The molecule has 0 amide bonds. The molecule has 0 saturated heterocycles. The van der Waals surface area contributed by atoms with E-state index in [1.807, 2.05) is 47.0 Å². The highest BCUT2D eigenvalue weighted by molar-refractivity contribution is 5.37. The Morgan fingerprint density at radius 3 is 2.82 bits per heavy atom. The zero-order valence-corrected chi connectivity index (χ0v) is 12.9. The van der Waals surface area contributed by atoms with Crippen LogP contribution in [0.4, 0.5) is 0 Å². The molecule has 1 unspecified atom stereocenters. The van der Waals surface area contributed by atoms with Gasteiger partial charge in [0.1, 0.15) is 5.75 Å². The second-order valence-corrected chi connectivity index (χ2v) is 5.34. The summed E-state index contributed by atoms with van der Waals surface area (Å²) in [5, 5.41) is 11.9. The van der Waals surface area contributed by atoms with Crippen LogP contribution in [0.2, 0.25) is 0 Å². The normalized spacial score (nSPS) is 12.5. The number of para-hydroxylation sites is 1. The van der Waals surface area contributed by atoms with Gasteiger partial charge >= 0.3 is 0 Å². The Labute approximate surface area is 130 Å². The third-order valence-electron chi connectivity index (χ3n) is 3.71. The van der Waals surface area contributed by atoms with Crippen LogP contribution in [0.3, 0.4) is 0 Å². The minimum atomic E-state index is 0.312. The molecule has 2 heterocycles. The summed E-state index contributed by atoms with van der Waals surface area (Å²) in [4.78, 5) is 0. The Morgan fingerprint density at radius 2 is 1.95 bits per heavy atom. The van der Waals surface area contributed by atoms with Crippen LogP contribution in [0.1, 0.15) is 18.3 Å². The van der Waals surface area contributed by atoms with Gasteiger partial charge in [0, 0.05) is 12.2 Å². The van der Waals surface area contributed by atoms with E-state index < -0.39 is 0 Å². The number of hydrogen-bond acceptors (Lipinski definition) is 4. The lowest BCUT2D eigenvalue weighted by atomic mass is 10.1. The molecule has 114 valence electrons. The molecule has 3 rings (SSSR count). The Hall–Kier alpha value is -2.40. The van der Waals surface area contributed by atoms with Crippen molar-refractivity contribution in [2.24, 2.45) is 0 Å². The Balaban J connectivity index is 1.64. The molecule has 0 aliphatic carbocycles. The van der Waals surface area contributed by atoms with Gasteiger partial charge in [-0.1, -0.05) is 24.3 Å². The number of benzene rings is 1. The fourth-order valence-electron chi connectivity index (χ4n) is 2.55. The van der Waals surface area contributed by atoms with Crippen molar-refractivity contribution < 1.29 is 4.74 Å². The number of ether oxygens (including phenoxy) is 1. The molecule has 0 aliphatic rings. The van der Waals surface area contributed by atoms with Crippen molar-refractivity contribution >= 4 is 5.65 Å². The molecule has 1 aromatic carbocycles. The number of fused-ring (bicyclic) bond motifs is 1. The molecule has 3 aromatic rings. The highest BCUT2D eigenvalue weighted by Crippen LogP contribution is 2.18. The molecule has 2 aromatic heterocycles. The molecule has 0 saturated carbocycles. The SMILES string of the molecule is COc1ccccc1CC(C)NCc1nnc2ccccn12. The second kappa shape index (κ2) is 6.58. The van der Waals surface area contributed by atoms with E-state index in [9.17, 15) is 0 Å². The van der Waals surface area contributed by atoms with Crippen LogP contribution in [0.5, 0.6) is 5.75 Å². The van der Waals surface area contributed by atoms with Crippen molar-refractivity contribution in [3.63, 3.8) is 0 Å². The fourth-order valence-corrected chi connectivity index (χ4v) is 2.55. The Kier molecular flexibility index (Phi) is 4.34. The maximum atomic E-state index is 5.40. The largest absolute Gasteiger partial charge is 0.496 e. The van der Waals surface area contributed by atoms with Gasteiger partial charge in [-0.3, -0.25) is 4.40 Å². The van der Waals surface area contributed by atoms with Gasteiger partial charge in [0.15, 0.2) is 11.5 Å². The standard InChI is InChI=1S/C17H20N4O/c1-13(11-14-7-3-4-8-15(14)22-2)18-12-17-20-19-16-9-5-6-10-21(16)17/h3-10,13,18H,11-12H2,1-2H3. The minimum Gasteiger partial charge on any atom is -0.496 e. The van der Waals surface area contributed by atoms with E-state index in [1.165, 1.54) is 5.56 Å². The summed E-state index contributed by atoms with van der Waals surface area (Å²) < 4.78 is 7.40. The zero-order valence-electron chi connectivity index (χ0n) is 12.9. The molecule has 0 bridgehead atoms. The van der Waals surface area contributed by atoms with Crippen LogP contribution in [-0.2, 0) is 13.0 Å². The van der Waals surface area contributed by atoms with Crippen molar-refractivity contribution in [1.82, 2.24) is 19.9 Å². The topological polar surface area (TPSA) is 51.5 Å². The summed E-state index contributed by atoms with van der Waals surface area (Å²) in [6, 6.07) is 14.3. The lowest BCUT2D eigenvalue weighted by Crippen LogP contribution is -2.28. The summed E-state index contributed by atoms with van der Waals surface area (Å²) in [5.74, 6) is 1.85. The van der Waals surface area contributed by atoms with E-state index in [-0.39, 0.29) is 0 Å². The van der Waals surface area contributed by atoms with Gasteiger partial charge in [-0.25, -0.2) is 0 Å². The predicted molar refractivity (Wildman–Crippen MR) is 86.0 cm³/mol. The maximum absolute atomic E-state index is 5.40. The molecule has 0 aliphatic heterocycles. The number of aromatic nitrogens is 3. The first-order chi connectivity index (χ1) is 10.8. The van der Waals surface area contributed by atoms with Crippen LogP contribution in [0.25, 0.3) is 5.65 Å². The lowest BCUT2D eigenvalue weighted by molar-refractivity contribution is 0.405. The maximum Gasteiger partial charge on any atom is 0.160 e. The number of hydrogen-bond donors (Lipinski definition) is 1. The number of nitrogens with zero attached hydrogens (tertiary/aromatic N) is 3. The third-order valence-corrected chi connectivity index (χ3v) is 3.71. The molecule has 5 nitrogen and oxygen atoms in total. The monoisotopic (exact) mass is 296 g/mol. The fraction of sp³-hybridized carbons (Fsp3) is 0.294. The summed E-state index contributed by atoms with van der Waals surface area (Å²) >= 11 is 0. The zero-order chi connectivity index (χ0) is 15.4. The van der Waals surface area contributed by atoms with Gasteiger partial charge in [0.2, 0.25) is 0 Å². The van der Waals surface area contributed by atoms with Crippen molar-refractivity contribution in [2.75, 3.05) is 7.11 Å². The molecule has 0 radical (unpaired) electrons. The van der Waals surface area contributed by atoms with Crippen molar-refractivity contribution in [1.29, 1.82) is 0 Å². The van der Waals surface area contributed by atoms with Crippen molar-refractivity contribution in [2.45, 2.75) is 25.9 Å². The molecule has 1 N–H and O–H groups in total. The van der Waals surface area contributed by atoms with E-state index in [2.05, 4.69) is 28.5 Å². The third kappa shape index (κ3) is 3.09. The molecular weight excluding hydrogens is 276 g/mol. The first-order valence-corrected chi connectivity index (χ1v) is 7.42. The van der Waals surface area contributed by atoms with Crippen LogP contribution in [0, 0.1) is 0 Å². The number of pyridine rings is 1. The summed E-state index contributed by atoms with van der Waals surface area (Å²) in [6.07, 6.45) is 2.89. The smallest absolute Gasteiger partial charge is 0.160 e. The van der Waals surface area contributed by atoms with Crippen LogP contribution in [-0.4, -0.2) is 27.7 Å². The predicted octanol–water partition coefficient (Wildman–Crippen LogP) is 2.46. The van der Waals surface area contributed by atoms with Gasteiger partial charge in [0.25, 0.3) is 0 Å². The number of methoxy groups -OCH3 is 1. The van der Waals surface area contributed by atoms with Crippen LogP contribution in [0.15, 0.2) is 48.7 Å². The van der Waals surface area contributed by atoms with E-state index in [1.54, 1.807) is 7.11 Å². The molecular formula is C17H20N4O. The van der Waals surface area contributed by atoms with Crippen molar-refractivity contribution in [3.05, 3.63) is 60.0 Å². The highest BCUT2D eigenvalue weighted by Gasteiger charge is 2.10. The molecule has 0 spiro atoms. The molecule has 22 heavy (non-hydrogen) atoms. The van der Waals surface area contributed by atoms with Gasteiger partial charge in [-0.05, 0) is 37.1 Å². The first-order valence-electron chi connectivity index (χ1n) is 7.42. The van der Waals surface area contributed by atoms with Crippen LogP contribution < -0.4 is 10.1 Å². The highest BCUT2D eigenvalue weighted by atomic mass is 16.5. The first kappa shape index (κ1) is 14.5. The van der Waals surface area contributed by atoms with E-state index in [0.29, 0.717) is 12.6 Å². The molecule has 1 atom stereocenters. The summed E-state index contributed by atoms with van der Waals surface area (Å²) in [7, 11) is 1.71. The van der Waals surface area contributed by atoms with Gasteiger partial charge < -0.3 is 10.1 Å². The minimum absolute atomic E-state index is 0.312. The number of rotatable bonds is 6. The van der Waals surface area contributed by atoms with E-state index >= 15 is 0 Å². The second-order valence-electron chi connectivity index (χ2n) is 5.34. The van der Waals surface area contributed by atoms with E-state index in [4.69, 9.17) is 4.74 Å². The van der Waals surface area contributed by atoms with Gasteiger partial charge in [-0.15, -0.1) is 10.2 Å². The van der Waals surface area contributed by atoms with Crippen molar-refractivity contribution in [3.8, 4) is 5.75 Å². The molecule has 5 heteroatoms. The molecule has 0 fully saturated rings. The lowest BCUT2D eigenvalue weighted by Gasteiger charge is -2.15. The summed E-state index contributed by atoms with van der Waals surface area (Å²) in [5.41, 5.74) is 2.08. The Bertz CT molecular complexity index is 753. The quantitative estimate of drug-likeness (QED) is 0.759. The average Bonchev–Trinajstić information content (AvgIpc) is 2.97. The van der Waals surface area contributed by atoms with E-state index in [0.717, 1.165) is 23.6 Å². The average molecular weight is 296 g/mol. The number of nitrogens with one attached hydrogen (secondary N) is 1. The Morgan fingerprint density at radius 1 is 1.14 bits per heavy atom.